The van der Waals surface area contributed by atoms with Gasteiger partial charge in [-0.1, -0.05) is 6.07 Å². The number of piperidine rings is 1. The molecule has 0 bridgehead atoms. The third-order valence-corrected chi connectivity index (χ3v) is 4.99. The van der Waals surface area contributed by atoms with Gasteiger partial charge in [-0.25, -0.2) is 4.98 Å². The van der Waals surface area contributed by atoms with Crippen LogP contribution in [0.2, 0.25) is 0 Å². The summed E-state index contributed by atoms with van der Waals surface area (Å²) in [5.41, 5.74) is 1.28. The van der Waals surface area contributed by atoms with Crippen molar-refractivity contribution in [3.05, 3.63) is 23.9 Å². The number of pyridine rings is 1. The number of likely N-dealkylation sites (tertiary alicyclic amines) is 1. The van der Waals surface area contributed by atoms with Crippen LogP contribution in [0.5, 0.6) is 0 Å². The van der Waals surface area contributed by atoms with Crippen LogP contribution < -0.4 is 4.90 Å². The van der Waals surface area contributed by atoms with Crippen LogP contribution in [0.4, 0.5) is 5.82 Å². The average molecular weight is 289 g/mol. The molecule has 1 aromatic heterocycles. The summed E-state index contributed by atoms with van der Waals surface area (Å²) in [6.07, 6.45) is 6.95. The predicted molar refractivity (Wildman–Crippen MR) is 85.4 cm³/mol. The minimum absolute atomic E-state index is 0.315. The van der Waals surface area contributed by atoms with Gasteiger partial charge in [-0.3, -0.25) is 4.90 Å². The first-order valence-corrected chi connectivity index (χ1v) is 8.31. The molecule has 3 heterocycles. The predicted octanol–water partition coefficient (Wildman–Crippen LogP) is 2.27. The first-order valence-electron chi connectivity index (χ1n) is 8.31. The van der Waals surface area contributed by atoms with E-state index in [-0.39, 0.29) is 0 Å². The van der Waals surface area contributed by atoms with Gasteiger partial charge in [0.2, 0.25) is 0 Å². The largest absolute Gasteiger partial charge is 0.396 e. The van der Waals surface area contributed by atoms with Crippen molar-refractivity contribution in [1.29, 1.82) is 0 Å². The number of nitrogens with zero attached hydrogens (tertiary/aromatic N) is 3. The lowest BCUT2D eigenvalue weighted by molar-refractivity contribution is 0.0771. The minimum atomic E-state index is 0.315. The van der Waals surface area contributed by atoms with Gasteiger partial charge in [0.25, 0.3) is 0 Å². The highest BCUT2D eigenvalue weighted by Gasteiger charge is 2.25. The van der Waals surface area contributed by atoms with E-state index in [4.69, 9.17) is 0 Å². The first-order chi connectivity index (χ1) is 10.3. The zero-order chi connectivity index (χ0) is 14.7. The third kappa shape index (κ3) is 3.55. The van der Waals surface area contributed by atoms with E-state index < -0.39 is 0 Å². The van der Waals surface area contributed by atoms with Gasteiger partial charge in [-0.05, 0) is 50.2 Å². The van der Waals surface area contributed by atoms with Crippen molar-refractivity contribution in [3.8, 4) is 0 Å². The number of aromatic nitrogens is 1. The summed E-state index contributed by atoms with van der Waals surface area (Å²) in [5, 5.41) is 9.37. The highest BCUT2D eigenvalue weighted by molar-refractivity contribution is 5.40. The number of hydrogen-bond donors (Lipinski definition) is 1. The van der Waals surface area contributed by atoms with Crippen molar-refractivity contribution in [2.75, 3.05) is 31.1 Å². The van der Waals surface area contributed by atoms with Crippen LogP contribution in [0, 0.1) is 5.92 Å². The molecular formula is C17H27N3O. The lowest BCUT2D eigenvalue weighted by Crippen LogP contribution is -2.42. The fourth-order valence-corrected chi connectivity index (χ4v) is 3.51. The number of aliphatic hydroxyl groups excluding tert-OH is 1. The van der Waals surface area contributed by atoms with Gasteiger partial charge in [0, 0.05) is 45.0 Å². The van der Waals surface area contributed by atoms with Crippen LogP contribution in [-0.4, -0.2) is 47.3 Å². The molecular weight excluding hydrogens is 262 g/mol. The van der Waals surface area contributed by atoms with Crippen LogP contribution in [0.3, 0.4) is 0 Å². The van der Waals surface area contributed by atoms with Gasteiger partial charge in [0.15, 0.2) is 0 Å². The topological polar surface area (TPSA) is 39.6 Å². The van der Waals surface area contributed by atoms with Gasteiger partial charge in [-0.2, -0.15) is 0 Å². The lowest BCUT2D eigenvalue weighted by atomic mass is 9.94. The van der Waals surface area contributed by atoms with Crippen molar-refractivity contribution in [3.63, 3.8) is 0 Å². The van der Waals surface area contributed by atoms with Gasteiger partial charge >= 0.3 is 0 Å². The second-order valence-corrected chi connectivity index (χ2v) is 6.62. The summed E-state index contributed by atoms with van der Waals surface area (Å²) in [6, 6.07) is 4.99. The van der Waals surface area contributed by atoms with Gasteiger partial charge in [-0.15, -0.1) is 0 Å². The minimum Gasteiger partial charge on any atom is -0.396 e. The second kappa shape index (κ2) is 6.75. The smallest absolute Gasteiger partial charge is 0.128 e. The fourth-order valence-electron chi connectivity index (χ4n) is 3.51. The molecule has 0 radical (unpaired) electrons. The van der Waals surface area contributed by atoms with E-state index in [1.807, 2.05) is 6.20 Å². The Labute approximate surface area is 127 Å². The molecule has 4 nitrogen and oxygen atoms in total. The standard InChI is InChI=1S/C17H27N3O/c1-14-4-5-16(13-21)12-20(14)11-15-6-7-17(18-10-15)19-8-2-3-9-19/h6-7,10,14,16,21H,2-5,8-9,11-13H2,1H3. The molecule has 116 valence electrons. The molecule has 2 fully saturated rings. The maximum absolute atomic E-state index is 9.37. The van der Waals surface area contributed by atoms with Crippen LogP contribution in [0.25, 0.3) is 0 Å². The summed E-state index contributed by atoms with van der Waals surface area (Å²) in [6.45, 7) is 6.85. The van der Waals surface area contributed by atoms with E-state index >= 15 is 0 Å². The summed E-state index contributed by atoms with van der Waals surface area (Å²) >= 11 is 0. The zero-order valence-electron chi connectivity index (χ0n) is 13.0. The highest BCUT2D eigenvalue weighted by Crippen LogP contribution is 2.24. The molecule has 2 atom stereocenters. The third-order valence-electron chi connectivity index (χ3n) is 4.99. The Morgan fingerprint density at radius 3 is 2.71 bits per heavy atom. The Kier molecular flexibility index (Phi) is 4.76. The number of aliphatic hydroxyl groups is 1. The molecule has 0 amide bonds. The molecule has 0 aromatic carbocycles. The molecule has 2 aliphatic heterocycles. The van der Waals surface area contributed by atoms with E-state index in [1.54, 1.807) is 0 Å². The van der Waals surface area contributed by atoms with Crippen molar-refractivity contribution in [2.45, 2.75) is 45.2 Å². The van der Waals surface area contributed by atoms with Gasteiger partial charge in [0.1, 0.15) is 5.82 Å². The maximum Gasteiger partial charge on any atom is 0.128 e. The molecule has 0 spiro atoms. The van der Waals surface area contributed by atoms with Gasteiger partial charge in [0.05, 0.1) is 0 Å². The second-order valence-electron chi connectivity index (χ2n) is 6.62. The van der Waals surface area contributed by atoms with Crippen LogP contribution in [-0.2, 0) is 6.54 Å². The Balaban J connectivity index is 1.61. The van der Waals surface area contributed by atoms with Crippen molar-refractivity contribution in [1.82, 2.24) is 9.88 Å². The van der Waals surface area contributed by atoms with Crippen molar-refractivity contribution < 1.29 is 5.11 Å². The van der Waals surface area contributed by atoms with E-state index in [9.17, 15) is 5.11 Å². The highest BCUT2D eigenvalue weighted by atomic mass is 16.3. The Bertz CT molecular complexity index is 442. The Morgan fingerprint density at radius 2 is 2.05 bits per heavy atom. The van der Waals surface area contributed by atoms with E-state index in [0.717, 1.165) is 38.4 Å². The first kappa shape index (κ1) is 14.8. The Hall–Kier alpha value is -1.13. The monoisotopic (exact) mass is 289 g/mol. The quantitative estimate of drug-likeness (QED) is 0.923. The Morgan fingerprint density at radius 1 is 1.24 bits per heavy atom. The number of rotatable bonds is 4. The fraction of sp³-hybridized carbons (Fsp3) is 0.706. The van der Waals surface area contributed by atoms with Crippen LogP contribution in [0.1, 0.15) is 38.2 Å². The summed E-state index contributed by atoms with van der Waals surface area (Å²) in [7, 11) is 0. The molecule has 1 N–H and O–H groups in total. The zero-order valence-corrected chi connectivity index (χ0v) is 13.0. The lowest BCUT2D eigenvalue weighted by Gasteiger charge is -2.37. The number of anilines is 1. The molecule has 2 saturated heterocycles. The average Bonchev–Trinajstić information content (AvgIpc) is 3.04. The van der Waals surface area contributed by atoms with Crippen LogP contribution in [0.15, 0.2) is 18.3 Å². The van der Waals surface area contributed by atoms with Crippen molar-refractivity contribution >= 4 is 5.82 Å². The van der Waals surface area contributed by atoms with Crippen LogP contribution >= 0.6 is 0 Å². The molecule has 2 aliphatic rings. The molecule has 0 aliphatic carbocycles. The van der Waals surface area contributed by atoms with E-state index in [2.05, 4.69) is 33.8 Å². The van der Waals surface area contributed by atoms with E-state index in [0.29, 0.717) is 18.6 Å². The maximum atomic E-state index is 9.37. The normalized spacial score (nSPS) is 27.2. The van der Waals surface area contributed by atoms with Gasteiger partial charge < -0.3 is 10.0 Å². The molecule has 2 unspecified atom stereocenters. The summed E-state index contributed by atoms with van der Waals surface area (Å²) in [5.74, 6) is 1.56. The number of hydrogen-bond acceptors (Lipinski definition) is 4. The molecule has 21 heavy (non-hydrogen) atoms. The molecule has 3 rings (SSSR count). The SMILES string of the molecule is CC1CCC(CO)CN1Cc1ccc(N2CCCC2)nc1. The summed E-state index contributed by atoms with van der Waals surface area (Å²) in [4.78, 5) is 9.49. The van der Waals surface area contributed by atoms with Crippen molar-refractivity contribution in [2.24, 2.45) is 5.92 Å². The molecule has 4 heteroatoms. The molecule has 0 saturated carbocycles. The summed E-state index contributed by atoms with van der Waals surface area (Å²) < 4.78 is 0. The molecule has 1 aromatic rings. The van der Waals surface area contributed by atoms with E-state index in [1.165, 1.54) is 24.8 Å².